The summed E-state index contributed by atoms with van der Waals surface area (Å²) >= 11 is 1.89. The van der Waals surface area contributed by atoms with Crippen LogP contribution in [0.2, 0.25) is 0 Å². The number of hydrogen-bond acceptors (Lipinski definition) is 3. The summed E-state index contributed by atoms with van der Waals surface area (Å²) in [5, 5.41) is 4.89. The third kappa shape index (κ3) is 3.79. The molecule has 1 aromatic carbocycles. The Morgan fingerprint density at radius 2 is 1.96 bits per heavy atom. The molecule has 2 aliphatic rings. The van der Waals surface area contributed by atoms with E-state index in [1.165, 1.54) is 29.7 Å². The Kier molecular flexibility index (Phi) is 5.58. The van der Waals surface area contributed by atoms with Gasteiger partial charge in [-0.15, -0.1) is 11.8 Å². The number of nitrogens with zero attached hydrogens (tertiary/aromatic N) is 1. The molecule has 0 saturated heterocycles. The molecule has 27 heavy (non-hydrogen) atoms. The molecule has 1 N–H and O–H groups in total. The van der Waals surface area contributed by atoms with Crippen LogP contribution in [0.3, 0.4) is 0 Å². The fraction of sp³-hybridized carbons (Fsp3) is 0.545. The van der Waals surface area contributed by atoms with Gasteiger partial charge in [0.25, 0.3) is 5.56 Å². The van der Waals surface area contributed by atoms with E-state index in [1.807, 2.05) is 28.6 Å². The molecule has 0 bridgehead atoms. The maximum absolute atomic E-state index is 13.2. The molecule has 4 rings (SSSR count). The first-order valence-electron chi connectivity index (χ1n) is 10.2. The average molecular weight is 385 g/mol. The SMILES string of the molecule is CC(=O)NCCC1CCSc2ccc3c(=O)n(C4CCCCC4)ccc3c21. The van der Waals surface area contributed by atoms with Crippen molar-refractivity contribution in [3.8, 4) is 0 Å². The Morgan fingerprint density at radius 1 is 1.15 bits per heavy atom. The van der Waals surface area contributed by atoms with Gasteiger partial charge in [0.1, 0.15) is 0 Å². The second-order valence-electron chi connectivity index (χ2n) is 7.86. The largest absolute Gasteiger partial charge is 0.356 e. The molecular weight excluding hydrogens is 356 g/mol. The summed E-state index contributed by atoms with van der Waals surface area (Å²) in [6, 6.07) is 6.69. The Hall–Kier alpha value is -1.75. The number of aromatic nitrogens is 1. The van der Waals surface area contributed by atoms with Crippen molar-refractivity contribution in [2.24, 2.45) is 0 Å². The van der Waals surface area contributed by atoms with E-state index in [0.29, 0.717) is 18.5 Å². The van der Waals surface area contributed by atoms with Gasteiger partial charge >= 0.3 is 0 Å². The van der Waals surface area contributed by atoms with E-state index in [0.717, 1.165) is 42.2 Å². The highest BCUT2D eigenvalue weighted by Crippen LogP contribution is 2.42. The molecule has 2 aromatic rings. The predicted molar refractivity (Wildman–Crippen MR) is 112 cm³/mol. The molecule has 0 spiro atoms. The van der Waals surface area contributed by atoms with Crippen LogP contribution in [0.1, 0.15) is 69.4 Å². The molecule has 1 saturated carbocycles. The summed E-state index contributed by atoms with van der Waals surface area (Å²) in [7, 11) is 0. The van der Waals surface area contributed by atoms with Crippen molar-refractivity contribution in [1.29, 1.82) is 0 Å². The van der Waals surface area contributed by atoms with E-state index in [-0.39, 0.29) is 11.5 Å². The fourth-order valence-electron chi connectivity index (χ4n) is 4.70. The molecule has 1 aliphatic carbocycles. The second-order valence-corrected chi connectivity index (χ2v) is 9.00. The zero-order chi connectivity index (χ0) is 18.8. The standard InChI is InChI=1S/C22H28N2O2S/c1-15(25)23-12-9-16-11-14-27-20-8-7-19-18(21(16)20)10-13-24(22(19)26)17-5-3-2-4-6-17/h7-8,10,13,16-17H,2-6,9,11-12,14H2,1H3,(H,23,25). The molecule has 4 nitrogen and oxygen atoms in total. The highest BCUT2D eigenvalue weighted by atomic mass is 32.2. The smallest absolute Gasteiger partial charge is 0.258 e. The van der Waals surface area contributed by atoms with Gasteiger partial charge in [0.05, 0.1) is 0 Å². The lowest BCUT2D eigenvalue weighted by atomic mass is 9.88. The van der Waals surface area contributed by atoms with Crippen LogP contribution in [0, 0.1) is 0 Å². The van der Waals surface area contributed by atoms with Crippen LogP contribution in [0.15, 0.2) is 34.1 Å². The van der Waals surface area contributed by atoms with E-state index in [1.54, 1.807) is 6.92 Å². The Labute approximate surface area is 164 Å². The van der Waals surface area contributed by atoms with Crippen LogP contribution in [-0.4, -0.2) is 22.8 Å². The average Bonchev–Trinajstić information content (AvgIpc) is 2.68. The molecule has 1 fully saturated rings. The summed E-state index contributed by atoms with van der Waals surface area (Å²) in [5.74, 6) is 1.53. The highest BCUT2D eigenvalue weighted by Gasteiger charge is 2.25. The van der Waals surface area contributed by atoms with E-state index >= 15 is 0 Å². The number of carbonyl (C=O) groups is 1. The van der Waals surface area contributed by atoms with Gasteiger partial charge in [-0.2, -0.15) is 0 Å². The Bertz CT molecular complexity index is 899. The minimum absolute atomic E-state index is 0.0219. The van der Waals surface area contributed by atoms with Gasteiger partial charge in [0, 0.05) is 36.0 Å². The van der Waals surface area contributed by atoms with Crippen molar-refractivity contribution in [2.75, 3.05) is 12.3 Å². The van der Waals surface area contributed by atoms with Crippen molar-refractivity contribution in [3.05, 3.63) is 40.3 Å². The minimum atomic E-state index is 0.0219. The van der Waals surface area contributed by atoms with Gasteiger partial charge < -0.3 is 9.88 Å². The van der Waals surface area contributed by atoms with E-state index in [2.05, 4.69) is 17.4 Å². The molecule has 1 amide bonds. The van der Waals surface area contributed by atoms with Crippen LogP contribution >= 0.6 is 11.8 Å². The first-order chi connectivity index (χ1) is 13.1. The van der Waals surface area contributed by atoms with Crippen molar-refractivity contribution in [2.45, 2.75) is 68.7 Å². The molecule has 1 aliphatic heterocycles. The predicted octanol–water partition coefficient (Wildman–Crippen LogP) is 4.61. The molecule has 1 aromatic heterocycles. The van der Waals surface area contributed by atoms with Gasteiger partial charge in [0.2, 0.25) is 5.91 Å². The summed E-state index contributed by atoms with van der Waals surface area (Å²) in [4.78, 5) is 25.7. The molecule has 2 heterocycles. The number of thioether (sulfide) groups is 1. The third-order valence-corrected chi connectivity index (χ3v) is 7.19. The Balaban J connectivity index is 1.71. The monoisotopic (exact) mass is 384 g/mol. The van der Waals surface area contributed by atoms with Gasteiger partial charge in [0.15, 0.2) is 0 Å². The Morgan fingerprint density at radius 3 is 2.74 bits per heavy atom. The summed E-state index contributed by atoms with van der Waals surface area (Å²) < 4.78 is 1.98. The van der Waals surface area contributed by atoms with Gasteiger partial charge in [-0.3, -0.25) is 9.59 Å². The number of pyridine rings is 1. The van der Waals surface area contributed by atoms with Crippen molar-refractivity contribution >= 4 is 28.4 Å². The second kappa shape index (κ2) is 8.09. The number of benzene rings is 1. The van der Waals surface area contributed by atoms with Gasteiger partial charge in [-0.05, 0) is 66.5 Å². The van der Waals surface area contributed by atoms with Gasteiger partial charge in [-0.1, -0.05) is 19.3 Å². The zero-order valence-corrected chi connectivity index (χ0v) is 16.8. The van der Waals surface area contributed by atoms with Crippen LogP contribution in [-0.2, 0) is 4.79 Å². The van der Waals surface area contributed by atoms with Crippen LogP contribution < -0.4 is 10.9 Å². The summed E-state index contributed by atoms with van der Waals surface area (Å²) in [6.07, 6.45) is 10.0. The van der Waals surface area contributed by atoms with Gasteiger partial charge in [-0.25, -0.2) is 0 Å². The number of rotatable bonds is 4. The number of amides is 1. The number of nitrogens with one attached hydrogen (secondary N) is 1. The number of hydrogen-bond donors (Lipinski definition) is 1. The molecular formula is C22H28N2O2S. The topological polar surface area (TPSA) is 51.1 Å². The van der Waals surface area contributed by atoms with Crippen molar-refractivity contribution in [3.63, 3.8) is 0 Å². The molecule has 0 radical (unpaired) electrons. The van der Waals surface area contributed by atoms with Crippen molar-refractivity contribution in [1.82, 2.24) is 9.88 Å². The molecule has 1 unspecified atom stereocenters. The summed E-state index contributed by atoms with van der Waals surface area (Å²) in [5.41, 5.74) is 1.49. The highest BCUT2D eigenvalue weighted by molar-refractivity contribution is 7.99. The van der Waals surface area contributed by atoms with Crippen LogP contribution in [0.4, 0.5) is 0 Å². The molecule has 1 atom stereocenters. The van der Waals surface area contributed by atoms with E-state index in [9.17, 15) is 9.59 Å². The lowest BCUT2D eigenvalue weighted by Gasteiger charge is -2.28. The number of fused-ring (bicyclic) bond motifs is 3. The molecule has 5 heteroatoms. The quantitative estimate of drug-likeness (QED) is 0.837. The normalized spacial score (nSPS) is 20.4. The van der Waals surface area contributed by atoms with E-state index in [4.69, 9.17) is 0 Å². The lowest BCUT2D eigenvalue weighted by molar-refractivity contribution is -0.118. The van der Waals surface area contributed by atoms with Crippen LogP contribution in [0.5, 0.6) is 0 Å². The van der Waals surface area contributed by atoms with Crippen LogP contribution in [0.25, 0.3) is 10.8 Å². The lowest BCUT2D eigenvalue weighted by Crippen LogP contribution is -2.26. The van der Waals surface area contributed by atoms with Crippen molar-refractivity contribution < 1.29 is 4.79 Å². The summed E-state index contributed by atoms with van der Waals surface area (Å²) in [6.45, 7) is 2.26. The first-order valence-corrected chi connectivity index (χ1v) is 11.2. The zero-order valence-electron chi connectivity index (χ0n) is 16.0. The minimum Gasteiger partial charge on any atom is -0.356 e. The first kappa shape index (κ1) is 18.6. The maximum atomic E-state index is 13.2. The number of carbonyl (C=O) groups excluding carboxylic acids is 1. The fourth-order valence-corrected chi connectivity index (χ4v) is 5.92. The maximum Gasteiger partial charge on any atom is 0.258 e. The molecule has 144 valence electrons. The van der Waals surface area contributed by atoms with E-state index < -0.39 is 0 Å². The third-order valence-electron chi connectivity index (χ3n) is 6.08.